The maximum Gasteiger partial charge on any atom is 0.225 e. The third kappa shape index (κ3) is 2.99. The molecule has 0 saturated heterocycles. The van der Waals surface area contributed by atoms with E-state index in [1.54, 1.807) is 0 Å². The number of amides is 1. The predicted octanol–water partition coefficient (Wildman–Crippen LogP) is 0.854. The largest absolute Gasteiger partial charge is 0.345 e. The summed E-state index contributed by atoms with van der Waals surface area (Å²) in [7, 11) is 3.85. The van der Waals surface area contributed by atoms with Gasteiger partial charge in [0.05, 0.1) is 0 Å². The van der Waals surface area contributed by atoms with Crippen LogP contribution in [-0.2, 0) is 4.79 Å². The fourth-order valence-corrected chi connectivity index (χ4v) is 1.57. The van der Waals surface area contributed by atoms with Crippen LogP contribution in [0, 0.1) is 5.92 Å². The lowest BCUT2D eigenvalue weighted by Gasteiger charge is -2.29. The van der Waals surface area contributed by atoms with E-state index in [0.717, 1.165) is 32.4 Å². The monoisotopic (exact) mass is 184 g/mol. The Morgan fingerprint density at radius 1 is 1.54 bits per heavy atom. The van der Waals surface area contributed by atoms with Crippen molar-refractivity contribution >= 4 is 5.91 Å². The summed E-state index contributed by atoms with van der Waals surface area (Å²) in [4.78, 5) is 13.5. The van der Waals surface area contributed by atoms with Gasteiger partial charge in [-0.2, -0.15) is 0 Å². The number of carbonyl (C=O) groups is 1. The van der Waals surface area contributed by atoms with Gasteiger partial charge in [-0.05, 0) is 32.9 Å². The molecule has 76 valence electrons. The highest BCUT2D eigenvalue weighted by atomic mass is 16.2. The van der Waals surface area contributed by atoms with Crippen LogP contribution in [0.25, 0.3) is 0 Å². The normalized spacial score (nSPS) is 16.8. The fraction of sp³-hybridized carbons (Fsp3) is 0.900. The summed E-state index contributed by atoms with van der Waals surface area (Å²) < 4.78 is 0. The second kappa shape index (κ2) is 5.22. The maximum absolute atomic E-state index is 11.6. The first-order valence-electron chi connectivity index (χ1n) is 5.15. The topological polar surface area (TPSA) is 32.3 Å². The summed E-state index contributed by atoms with van der Waals surface area (Å²) in [5.74, 6) is 0.696. The standard InChI is InChI=1S/C10H20N2O/c1-11-7-4-8-12(2)10(13)9-5-3-6-9/h9,11H,3-8H2,1-2H3. The van der Waals surface area contributed by atoms with E-state index < -0.39 is 0 Å². The molecule has 1 amide bonds. The van der Waals surface area contributed by atoms with Crippen molar-refractivity contribution in [2.24, 2.45) is 5.92 Å². The first-order valence-corrected chi connectivity index (χ1v) is 5.15. The first-order chi connectivity index (χ1) is 6.25. The molecule has 0 aliphatic heterocycles. The van der Waals surface area contributed by atoms with Crippen molar-refractivity contribution < 1.29 is 4.79 Å². The van der Waals surface area contributed by atoms with Crippen LogP contribution in [0.2, 0.25) is 0 Å². The Labute approximate surface area is 80.5 Å². The fourth-order valence-electron chi connectivity index (χ4n) is 1.57. The van der Waals surface area contributed by atoms with Crippen LogP contribution < -0.4 is 5.32 Å². The molecule has 3 nitrogen and oxygen atoms in total. The summed E-state index contributed by atoms with van der Waals surface area (Å²) in [6.07, 6.45) is 4.50. The summed E-state index contributed by atoms with van der Waals surface area (Å²) in [6, 6.07) is 0. The van der Waals surface area contributed by atoms with E-state index >= 15 is 0 Å². The van der Waals surface area contributed by atoms with Gasteiger partial charge in [0.2, 0.25) is 5.91 Å². The highest BCUT2D eigenvalue weighted by molar-refractivity contribution is 5.79. The number of hydrogen-bond donors (Lipinski definition) is 1. The van der Waals surface area contributed by atoms with Gasteiger partial charge in [0.15, 0.2) is 0 Å². The van der Waals surface area contributed by atoms with E-state index in [1.165, 1.54) is 6.42 Å². The molecule has 0 aromatic heterocycles. The van der Waals surface area contributed by atoms with Gasteiger partial charge in [0.25, 0.3) is 0 Å². The van der Waals surface area contributed by atoms with Crippen LogP contribution >= 0.6 is 0 Å². The lowest BCUT2D eigenvalue weighted by molar-refractivity contribution is -0.136. The Morgan fingerprint density at radius 2 is 2.23 bits per heavy atom. The summed E-state index contributed by atoms with van der Waals surface area (Å²) in [5, 5.41) is 3.08. The second-order valence-electron chi connectivity index (χ2n) is 3.84. The van der Waals surface area contributed by atoms with Crippen molar-refractivity contribution in [1.29, 1.82) is 0 Å². The van der Waals surface area contributed by atoms with Crippen LogP contribution in [0.4, 0.5) is 0 Å². The zero-order chi connectivity index (χ0) is 9.68. The van der Waals surface area contributed by atoms with E-state index in [9.17, 15) is 4.79 Å². The number of carbonyl (C=O) groups excluding carboxylic acids is 1. The van der Waals surface area contributed by atoms with Crippen molar-refractivity contribution in [3.05, 3.63) is 0 Å². The Balaban J connectivity index is 2.13. The Bertz CT molecular complexity index is 166. The third-order valence-electron chi connectivity index (χ3n) is 2.75. The summed E-state index contributed by atoms with van der Waals surface area (Å²) in [5.41, 5.74) is 0. The quantitative estimate of drug-likeness (QED) is 0.643. The number of hydrogen-bond acceptors (Lipinski definition) is 2. The van der Waals surface area contributed by atoms with E-state index in [1.807, 2.05) is 19.0 Å². The van der Waals surface area contributed by atoms with Gasteiger partial charge in [-0.25, -0.2) is 0 Å². The molecule has 0 spiro atoms. The summed E-state index contributed by atoms with van der Waals surface area (Å²) in [6.45, 7) is 1.87. The van der Waals surface area contributed by atoms with E-state index in [-0.39, 0.29) is 0 Å². The third-order valence-corrected chi connectivity index (χ3v) is 2.75. The molecule has 0 radical (unpaired) electrons. The van der Waals surface area contributed by atoms with Crippen molar-refractivity contribution in [3.8, 4) is 0 Å². The number of rotatable bonds is 5. The van der Waals surface area contributed by atoms with Gasteiger partial charge in [0, 0.05) is 19.5 Å². The second-order valence-corrected chi connectivity index (χ2v) is 3.84. The number of nitrogens with zero attached hydrogens (tertiary/aromatic N) is 1. The van der Waals surface area contributed by atoms with Gasteiger partial charge < -0.3 is 10.2 Å². The van der Waals surface area contributed by atoms with Gasteiger partial charge in [-0.3, -0.25) is 4.79 Å². The average molecular weight is 184 g/mol. The van der Waals surface area contributed by atoms with Crippen molar-refractivity contribution in [2.45, 2.75) is 25.7 Å². The lowest BCUT2D eigenvalue weighted by atomic mass is 9.84. The van der Waals surface area contributed by atoms with Crippen molar-refractivity contribution in [3.63, 3.8) is 0 Å². The van der Waals surface area contributed by atoms with Crippen LogP contribution in [0.5, 0.6) is 0 Å². The van der Waals surface area contributed by atoms with E-state index in [2.05, 4.69) is 5.32 Å². The maximum atomic E-state index is 11.6. The molecule has 0 aromatic carbocycles. The molecule has 1 rings (SSSR count). The minimum Gasteiger partial charge on any atom is -0.345 e. The minimum atomic E-state index is 0.347. The molecule has 1 aliphatic carbocycles. The van der Waals surface area contributed by atoms with Crippen LogP contribution in [0.3, 0.4) is 0 Å². The molecule has 1 saturated carbocycles. The Morgan fingerprint density at radius 3 is 2.69 bits per heavy atom. The molecule has 0 bridgehead atoms. The van der Waals surface area contributed by atoms with Crippen LogP contribution in [0.1, 0.15) is 25.7 Å². The van der Waals surface area contributed by atoms with Gasteiger partial charge in [-0.1, -0.05) is 6.42 Å². The molecule has 13 heavy (non-hydrogen) atoms. The highest BCUT2D eigenvalue weighted by Crippen LogP contribution is 2.27. The van der Waals surface area contributed by atoms with Crippen molar-refractivity contribution in [1.82, 2.24) is 10.2 Å². The number of nitrogens with one attached hydrogen (secondary N) is 1. The molecule has 1 aliphatic rings. The van der Waals surface area contributed by atoms with E-state index in [0.29, 0.717) is 11.8 Å². The molecule has 1 fully saturated rings. The van der Waals surface area contributed by atoms with Gasteiger partial charge >= 0.3 is 0 Å². The van der Waals surface area contributed by atoms with Crippen molar-refractivity contribution in [2.75, 3.05) is 27.2 Å². The molecular weight excluding hydrogens is 164 g/mol. The molecule has 0 aromatic rings. The van der Waals surface area contributed by atoms with Crippen LogP contribution in [0.15, 0.2) is 0 Å². The predicted molar refractivity (Wildman–Crippen MR) is 53.5 cm³/mol. The molecule has 0 heterocycles. The minimum absolute atomic E-state index is 0.347. The molecule has 1 N–H and O–H groups in total. The SMILES string of the molecule is CNCCCN(C)C(=O)C1CCC1. The highest BCUT2D eigenvalue weighted by Gasteiger charge is 2.27. The Kier molecular flexibility index (Phi) is 4.22. The average Bonchev–Trinajstić information content (AvgIpc) is 2.01. The summed E-state index contributed by atoms with van der Waals surface area (Å²) >= 11 is 0. The zero-order valence-corrected chi connectivity index (χ0v) is 8.68. The molecule has 0 atom stereocenters. The molecular formula is C10H20N2O. The van der Waals surface area contributed by atoms with E-state index in [4.69, 9.17) is 0 Å². The first kappa shape index (κ1) is 10.5. The van der Waals surface area contributed by atoms with Gasteiger partial charge in [-0.15, -0.1) is 0 Å². The zero-order valence-electron chi connectivity index (χ0n) is 8.68. The molecule has 3 heteroatoms. The smallest absolute Gasteiger partial charge is 0.225 e. The Hall–Kier alpha value is -0.570. The lowest BCUT2D eigenvalue weighted by Crippen LogP contribution is -2.37. The van der Waals surface area contributed by atoms with Crippen LogP contribution in [-0.4, -0.2) is 38.0 Å². The van der Waals surface area contributed by atoms with Gasteiger partial charge in [0.1, 0.15) is 0 Å². The molecule has 0 unspecified atom stereocenters.